The van der Waals surface area contributed by atoms with Crippen molar-refractivity contribution in [1.82, 2.24) is 0 Å². The van der Waals surface area contributed by atoms with E-state index in [4.69, 9.17) is 11.6 Å². The second-order valence-electron chi connectivity index (χ2n) is 3.46. The number of hydrogen-bond acceptors (Lipinski definition) is 2. The van der Waals surface area contributed by atoms with E-state index in [-0.39, 0.29) is 11.7 Å². The first-order chi connectivity index (χ1) is 6.70. The summed E-state index contributed by atoms with van der Waals surface area (Å²) in [5, 5.41) is 0.291. The van der Waals surface area contributed by atoms with Gasteiger partial charge in [0.25, 0.3) is 0 Å². The molecular formula is C11H8ClO2. The zero-order valence-electron chi connectivity index (χ0n) is 7.42. The molecule has 71 valence electrons. The van der Waals surface area contributed by atoms with Gasteiger partial charge < -0.3 is 0 Å². The number of carbonyl (C=O) groups excluding carboxylic acids is 2. The van der Waals surface area contributed by atoms with Crippen LogP contribution in [0.15, 0.2) is 34.4 Å². The zero-order chi connectivity index (χ0) is 10.1. The lowest BCUT2D eigenvalue weighted by Crippen LogP contribution is -2.17. The Kier molecular flexibility index (Phi) is 2.38. The van der Waals surface area contributed by atoms with Crippen LogP contribution in [0.4, 0.5) is 0 Å². The standard InChI is InChI=1S/C11H8ClO2/c12-10-4-9-3-7(6-13)1-2-8(9)5-11(10)14/h1-2,4,9H,3,5H2. The Morgan fingerprint density at radius 1 is 1.43 bits per heavy atom. The van der Waals surface area contributed by atoms with Crippen LogP contribution >= 0.6 is 11.6 Å². The van der Waals surface area contributed by atoms with Crippen molar-refractivity contribution in [2.24, 2.45) is 5.92 Å². The minimum Gasteiger partial charge on any atom is -0.293 e. The number of hydrogen-bond donors (Lipinski definition) is 0. The van der Waals surface area contributed by atoms with Gasteiger partial charge in [-0.15, -0.1) is 0 Å². The van der Waals surface area contributed by atoms with Crippen molar-refractivity contribution in [2.75, 3.05) is 0 Å². The van der Waals surface area contributed by atoms with Crippen LogP contribution in [0.2, 0.25) is 0 Å². The van der Waals surface area contributed by atoms with Crippen LogP contribution in [-0.2, 0) is 9.59 Å². The minimum atomic E-state index is -0.0406. The third-order valence-corrected chi connectivity index (χ3v) is 2.86. The van der Waals surface area contributed by atoms with Crippen LogP contribution < -0.4 is 0 Å². The first kappa shape index (κ1) is 9.41. The van der Waals surface area contributed by atoms with Gasteiger partial charge in [-0.25, -0.2) is 0 Å². The number of halogens is 1. The summed E-state index contributed by atoms with van der Waals surface area (Å²) >= 11 is 5.74. The fourth-order valence-electron chi connectivity index (χ4n) is 1.74. The molecule has 0 spiro atoms. The van der Waals surface area contributed by atoms with Crippen LogP contribution in [0.1, 0.15) is 12.8 Å². The van der Waals surface area contributed by atoms with Gasteiger partial charge in [0.1, 0.15) is 0 Å². The molecule has 0 aromatic heterocycles. The summed E-state index contributed by atoms with van der Waals surface area (Å²) in [5.41, 5.74) is 1.67. The molecular weight excluding hydrogens is 200 g/mol. The Balaban J connectivity index is 2.33. The van der Waals surface area contributed by atoms with Crippen LogP contribution in [0, 0.1) is 5.92 Å². The van der Waals surface area contributed by atoms with E-state index < -0.39 is 0 Å². The van der Waals surface area contributed by atoms with E-state index in [9.17, 15) is 9.59 Å². The quantitative estimate of drug-likeness (QED) is 0.660. The smallest absolute Gasteiger partial charge is 0.229 e. The molecule has 0 amide bonds. The van der Waals surface area contributed by atoms with E-state index in [1.54, 1.807) is 12.2 Å². The van der Waals surface area contributed by atoms with E-state index in [0.717, 1.165) is 5.57 Å². The molecule has 2 rings (SSSR count). The summed E-state index contributed by atoms with van der Waals surface area (Å²) in [6.07, 6.45) is 8.13. The predicted molar refractivity (Wildman–Crippen MR) is 53.5 cm³/mol. The number of fused-ring (bicyclic) bond motifs is 1. The summed E-state index contributed by atoms with van der Waals surface area (Å²) in [7, 11) is 0. The molecule has 1 radical (unpaired) electrons. The van der Waals surface area contributed by atoms with Gasteiger partial charge in [0, 0.05) is 17.9 Å². The molecule has 0 aliphatic heterocycles. The maximum absolute atomic E-state index is 11.3. The highest BCUT2D eigenvalue weighted by Crippen LogP contribution is 2.34. The lowest BCUT2D eigenvalue weighted by molar-refractivity contribution is -0.114. The third kappa shape index (κ3) is 1.58. The molecule has 0 N–H and O–H groups in total. The lowest BCUT2D eigenvalue weighted by atomic mass is 9.81. The Morgan fingerprint density at radius 3 is 2.93 bits per heavy atom. The highest BCUT2D eigenvalue weighted by molar-refractivity contribution is 6.43. The first-order valence-electron chi connectivity index (χ1n) is 4.39. The lowest BCUT2D eigenvalue weighted by Gasteiger charge is -2.23. The second kappa shape index (κ2) is 3.54. The molecule has 0 aromatic carbocycles. The molecule has 0 saturated heterocycles. The van der Waals surface area contributed by atoms with Crippen molar-refractivity contribution in [3.8, 4) is 0 Å². The average molecular weight is 208 g/mol. The van der Waals surface area contributed by atoms with Crippen LogP contribution in [-0.4, -0.2) is 12.1 Å². The van der Waals surface area contributed by atoms with Gasteiger partial charge in [-0.3, -0.25) is 9.59 Å². The van der Waals surface area contributed by atoms with Crippen molar-refractivity contribution < 1.29 is 9.59 Å². The fraction of sp³-hybridized carbons (Fsp3) is 0.273. The fourth-order valence-corrected chi connectivity index (χ4v) is 1.96. The van der Waals surface area contributed by atoms with E-state index in [1.807, 2.05) is 12.4 Å². The van der Waals surface area contributed by atoms with Crippen LogP contribution in [0.5, 0.6) is 0 Å². The molecule has 0 saturated carbocycles. The maximum Gasteiger partial charge on any atom is 0.229 e. The Morgan fingerprint density at radius 2 is 2.21 bits per heavy atom. The molecule has 1 unspecified atom stereocenters. The Bertz CT molecular complexity index is 388. The van der Waals surface area contributed by atoms with Crippen molar-refractivity contribution in [2.45, 2.75) is 12.8 Å². The number of Topliss-reactive ketones (excluding diaryl/α,β-unsaturated/α-hetero) is 1. The highest BCUT2D eigenvalue weighted by Gasteiger charge is 2.26. The summed E-state index contributed by atoms with van der Waals surface area (Å²) in [6, 6.07) is 0. The van der Waals surface area contributed by atoms with Crippen LogP contribution in [0.25, 0.3) is 0 Å². The van der Waals surface area contributed by atoms with Gasteiger partial charge in [-0.2, -0.15) is 0 Å². The summed E-state index contributed by atoms with van der Waals surface area (Å²) in [5.74, 6) is 0.0720. The number of ketones is 1. The van der Waals surface area contributed by atoms with Crippen molar-refractivity contribution in [1.29, 1.82) is 0 Å². The number of rotatable bonds is 1. The average Bonchev–Trinajstić information content (AvgIpc) is 2.19. The molecule has 14 heavy (non-hydrogen) atoms. The van der Waals surface area contributed by atoms with Crippen molar-refractivity contribution in [3.63, 3.8) is 0 Å². The molecule has 0 heterocycles. The maximum atomic E-state index is 11.3. The minimum absolute atomic E-state index is 0.0406. The predicted octanol–water partition coefficient (Wildman–Crippen LogP) is 2.06. The van der Waals surface area contributed by atoms with Gasteiger partial charge in [-0.1, -0.05) is 35.4 Å². The van der Waals surface area contributed by atoms with Crippen molar-refractivity contribution in [3.05, 3.63) is 34.4 Å². The molecule has 2 nitrogen and oxygen atoms in total. The molecule has 0 bridgehead atoms. The molecule has 1 atom stereocenters. The monoisotopic (exact) mass is 207 g/mol. The van der Waals surface area contributed by atoms with Gasteiger partial charge in [0.2, 0.25) is 6.29 Å². The number of carbonyl (C=O) groups is 1. The first-order valence-corrected chi connectivity index (χ1v) is 4.77. The molecule has 0 aromatic rings. The van der Waals surface area contributed by atoms with Gasteiger partial charge in [0.15, 0.2) is 5.78 Å². The topological polar surface area (TPSA) is 34.1 Å². The third-order valence-electron chi connectivity index (χ3n) is 2.52. The largest absolute Gasteiger partial charge is 0.293 e. The van der Waals surface area contributed by atoms with E-state index in [1.165, 1.54) is 0 Å². The van der Waals surface area contributed by atoms with E-state index in [2.05, 4.69) is 0 Å². The van der Waals surface area contributed by atoms with Crippen molar-refractivity contribution >= 4 is 23.7 Å². The summed E-state index contributed by atoms with van der Waals surface area (Å²) < 4.78 is 0. The van der Waals surface area contributed by atoms with Gasteiger partial charge >= 0.3 is 0 Å². The molecule has 0 fully saturated rings. The van der Waals surface area contributed by atoms with E-state index >= 15 is 0 Å². The normalized spacial score (nSPS) is 25.9. The second-order valence-corrected chi connectivity index (χ2v) is 3.87. The highest BCUT2D eigenvalue weighted by atomic mass is 35.5. The van der Waals surface area contributed by atoms with E-state index in [0.29, 0.717) is 23.4 Å². The Hall–Kier alpha value is -1.15. The zero-order valence-corrected chi connectivity index (χ0v) is 8.17. The summed E-state index contributed by atoms with van der Waals surface area (Å²) in [6.45, 7) is 0. The molecule has 2 aliphatic rings. The molecule has 2 aliphatic carbocycles. The molecule has 3 heteroatoms. The number of allylic oxidation sites excluding steroid dienone is 6. The SMILES string of the molecule is O=[C]C1=CC=C2CC(=O)C(Cl)=CC2C1. The van der Waals surface area contributed by atoms with Crippen LogP contribution in [0.3, 0.4) is 0 Å². The summed E-state index contributed by atoms with van der Waals surface area (Å²) in [4.78, 5) is 21.7. The Labute approximate surface area is 86.9 Å². The van der Waals surface area contributed by atoms with Gasteiger partial charge in [0.05, 0.1) is 5.03 Å². The van der Waals surface area contributed by atoms with Gasteiger partial charge in [-0.05, 0) is 6.42 Å².